The number of Topliss-reactive ketones (excluding diaryl/α,β-unsaturated/α-hetero) is 1. The molecule has 1 saturated carbocycles. The van der Waals surface area contributed by atoms with Crippen LogP contribution in [0.3, 0.4) is 0 Å². The zero-order valence-corrected chi connectivity index (χ0v) is 8.60. The van der Waals surface area contributed by atoms with Crippen LogP contribution in [-0.4, -0.2) is 5.78 Å². The molecule has 1 nitrogen and oxygen atoms in total. The van der Waals surface area contributed by atoms with Gasteiger partial charge in [0, 0.05) is 5.92 Å². The lowest BCUT2D eigenvalue weighted by Gasteiger charge is -2.03. The fourth-order valence-corrected chi connectivity index (χ4v) is 2.31. The number of ketones is 1. The minimum Gasteiger partial charge on any atom is -0.299 e. The molecule has 2 atom stereocenters. The van der Waals surface area contributed by atoms with E-state index >= 15 is 0 Å². The van der Waals surface area contributed by atoms with Gasteiger partial charge < -0.3 is 0 Å². The highest BCUT2D eigenvalue weighted by Gasteiger charge is 2.46. The van der Waals surface area contributed by atoms with E-state index in [1.165, 1.54) is 16.3 Å². The van der Waals surface area contributed by atoms with Gasteiger partial charge in [0.2, 0.25) is 0 Å². The molecule has 2 aromatic carbocycles. The maximum atomic E-state index is 11.5. The molecule has 15 heavy (non-hydrogen) atoms. The predicted molar refractivity (Wildman–Crippen MR) is 60.9 cm³/mol. The van der Waals surface area contributed by atoms with Crippen molar-refractivity contribution in [2.24, 2.45) is 5.92 Å². The van der Waals surface area contributed by atoms with E-state index in [4.69, 9.17) is 0 Å². The molecule has 1 fully saturated rings. The number of hydrogen-bond acceptors (Lipinski definition) is 1. The van der Waals surface area contributed by atoms with Crippen LogP contribution in [0.5, 0.6) is 0 Å². The van der Waals surface area contributed by atoms with Gasteiger partial charge in [0.1, 0.15) is 5.78 Å². The van der Waals surface area contributed by atoms with E-state index in [2.05, 4.69) is 24.3 Å². The Balaban J connectivity index is 2.23. The monoisotopic (exact) mass is 196 g/mol. The van der Waals surface area contributed by atoms with Crippen molar-refractivity contribution in [3.63, 3.8) is 0 Å². The number of benzene rings is 2. The summed E-state index contributed by atoms with van der Waals surface area (Å²) in [6.07, 6.45) is 0. The summed E-state index contributed by atoms with van der Waals surface area (Å²) in [5.41, 5.74) is 1.20. The molecule has 2 aromatic rings. The fraction of sp³-hybridized carbons (Fsp3) is 0.214. The van der Waals surface area contributed by atoms with Crippen molar-refractivity contribution >= 4 is 16.6 Å². The maximum Gasteiger partial charge on any atom is 0.144 e. The molecule has 2 unspecified atom stereocenters. The van der Waals surface area contributed by atoms with Gasteiger partial charge >= 0.3 is 0 Å². The Hall–Kier alpha value is -1.63. The van der Waals surface area contributed by atoms with Crippen molar-refractivity contribution in [1.82, 2.24) is 0 Å². The summed E-state index contributed by atoms with van der Waals surface area (Å²) in [5.74, 6) is 0.748. The molecule has 0 radical (unpaired) electrons. The standard InChI is InChI=1S/C14H12O/c1-9-13(14(9)15)12-8-4-6-10-5-2-3-7-11(10)12/h2-9,13H,1H3. The smallest absolute Gasteiger partial charge is 0.144 e. The predicted octanol–water partition coefficient (Wildman–Crippen LogP) is 3.14. The van der Waals surface area contributed by atoms with Crippen LogP contribution >= 0.6 is 0 Å². The minimum atomic E-state index is 0.149. The first-order valence-electron chi connectivity index (χ1n) is 5.30. The SMILES string of the molecule is CC1C(=O)C1c1cccc2ccccc12. The molecular formula is C14H12O. The Bertz CT molecular complexity index is 537. The van der Waals surface area contributed by atoms with Crippen LogP contribution in [0.2, 0.25) is 0 Å². The molecule has 0 N–H and O–H groups in total. The van der Waals surface area contributed by atoms with Crippen molar-refractivity contribution in [3.05, 3.63) is 48.0 Å². The first kappa shape index (κ1) is 8.66. The second kappa shape index (κ2) is 2.93. The molecule has 1 aliphatic carbocycles. The lowest BCUT2D eigenvalue weighted by Crippen LogP contribution is -1.85. The van der Waals surface area contributed by atoms with E-state index in [1.807, 2.05) is 25.1 Å². The first-order valence-corrected chi connectivity index (χ1v) is 5.30. The van der Waals surface area contributed by atoms with Crippen molar-refractivity contribution in [2.75, 3.05) is 0 Å². The van der Waals surface area contributed by atoms with E-state index in [0.29, 0.717) is 5.78 Å². The molecule has 0 amide bonds. The van der Waals surface area contributed by atoms with E-state index in [0.717, 1.165) is 0 Å². The van der Waals surface area contributed by atoms with E-state index in [-0.39, 0.29) is 11.8 Å². The third-order valence-corrected chi connectivity index (χ3v) is 3.30. The molecule has 0 heterocycles. The average Bonchev–Trinajstić information content (AvgIpc) is 2.86. The molecular weight excluding hydrogens is 184 g/mol. The van der Waals surface area contributed by atoms with Gasteiger partial charge in [-0.1, -0.05) is 49.4 Å². The van der Waals surface area contributed by atoms with Crippen LogP contribution in [0.25, 0.3) is 10.8 Å². The van der Waals surface area contributed by atoms with Gasteiger partial charge in [0.25, 0.3) is 0 Å². The van der Waals surface area contributed by atoms with Gasteiger partial charge in [-0.05, 0) is 16.3 Å². The van der Waals surface area contributed by atoms with Crippen LogP contribution in [-0.2, 0) is 4.79 Å². The van der Waals surface area contributed by atoms with Crippen LogP contribution in [0.1, 0.15) is 18.4 Å². The van der Waals surface area contributed by atoms with Gasteiger partial charge in [0.15, 0.2) is 0 Å². The highest BCUT2D eigenvalue weighted by atomic mass is 16.1. The Kier molecular flexibility index (Phi) is 1.69. The third kappa shape index (κ3) is 1.19. The van der Waals surface area contributed by atoms with Crippen molar-refractivity contribution in [2.45, 2.75) is 12.8 Å². The maximum absolute atomic E-state index is 11.5. The topological polar surface area (TPSA) is 17.1 Å². The molecule has 0 aromatic heterocycles. The summed E-state index contributed by atoms with van der Waals surface area (Å²) in [6, 6.07) is 14.5. The Labute approximate surface area is 88.7 Å². The van der Waals surface area contributed by atoms with Gasteiger partial charge in [-0.3, -0.25) is 4.79 Å². The van der Waals surface area contributed by atoms with E-state index < -0.39 is 0 Å². The Morgan fingerprint density at radius 3 is 2.40 bits per heavy atom. The van der Waals surface area contributed by atoms with Crippen molar-refractivity contribution in [1.29, 1.82) is 0 Å². The molecule has 0 bridgehead atoms. The molecule has 74 valence electrons. The minimum absolute atomic E-state index is 0.149. The quantitative estimate of drug-likeness (QED) is 0.684. The zero-order chi connectivity index (χ0) is 10.4. The van der Waals surface area contributed by atoms with Crippen LogP contribution < -0.4 is 0 Å². The first-order chi connectivity index (χ1) is 7.29. The Morgan fingerprint density at radius 2 is 1.67 bits per heavy atom. The van der Waals surface area contributed by atoms with Gasteiger partial charge in [-0.2, -0.15) is 0 Å². The molecule has 0 saturated heterocycles. The number of carbonyl (C=O) groups excluding carboxylic acids is 1. The largest absolute Gasteiger partial charge is 0.299 e. The van der Waals surface area contributed by atoms with Gasteiger partial charge in [0.05, 0.1) is 5.92 Å². The zero-order valence-electron chi connectivity index (χ0n) is 8.60. The lowest BCUT2D eigenvalue weighted by molar-refractivity contribution is -0.111. The Morgan fingerprint density at radius 1 is 1.00 bits per heavy atom. The third-order valence-electron chi connectivity index (χ3n) is 3.30. The number of hydrogen-bond donors (Lipinski definition) is 0. The second-order valence-corrected chi connectivity index (χ2v) is 4.24. The molecule has 0 spiro atoms. The number of rotatable bonds is 1. The molecule has 1 aliphatic rings. The summed E-state index contributed by atoms with van der Waals surface area (Å²) in [7, 11) is 0. The van der Waals surface area contributed by atoms with Gasteiger partial charge in [-0.25, -0.2) is 0 Å². The highest BCUT2D eigenvalue weighted by molar-refractivity contribution is 6.07. The summed E-state index contributed by atoms with van der Waals surface area (Å²) in [5, 5.41) is 2.45. The van der Waals surface area contributed by atoms with Crippen LogP contribution in [0, 0.1) is 5.92 Å². The molecule has 1 heteroatoms. The second-order valence-electron chi connectivity index (χ2n) is 4.24. The van der Waals surface area contributed by atoms with Crippen LogP contribution in [0.15, 0.2) is 42.5 Å². The lowest BCUT2D eigenvalue weighted by atomic mass is 10.0. The summed E-state index contributed by atoms with van der Waals surface area (Å²) in [4.78, 5) is 11.5. The van der Waals surface area contributed by atoms with Crippen molar-refractivity contribution in [3.8, 4) is 0 Å². The summed E-state index contributed by atoms with van der Waals surface area (Å²) < 4.78 is 0. The fourth-order valence-electron chi connectivity index (χ4n) is 2.31. The number of fused-ring (bicyclic) bond motifs is 1. The normalized spacial score (nSPS) is 24.5. The summed E-state index contributed by atoms with van der Waals surface area (Å²) >= 11 is 0. The highest BCUT2D eigenvalue weighted by Crippen LogP contribution is 2.44. The van der Waals surface area contributed by atoms with E-state index in [1.54, 1.807) is 0 Å². The molecule has 3 rings (SSSR count). The molecule has 0 aliphatic heterocycles. The van der Waals surface area contributed by atoms with Crippen molar-refractivity contribution < 1.29 is 4.79 Å². The van der Waals surface area contributed by atoms with Gasteiger partial charge in [-0.15, -0.1) is 0 Å². The summed E-state index contributed by atoms with van der Waals surface area (Å²) in [6.45, 7) is 2.01. The van der Waals surface area contributed by atoms with Crippen LogP contribution in [0.4, 0.5) is 0 Å². The van der Waals surface area contributed by atoms with E-state index in [9.17, 15) is 4.79 Å². The average molecular weight is 196 g/mol. The number of carbonyl (C=O) groups is 1.